The lowest BCUT2D eigenvalue weighted by Gasteiger charge is -2.12. The van der Waals surface area contributed by atoms with Crippen molar-refractivity contribution in [3.63, 3.8) is 0 Å². The number of carboxylic acid groups (broad SMARTS) is 1. The largest absolute Gasteiger partial charge is 0.479 e. The summed E-state index contributed by atoms with van der Waals surface area (Å²) in [4.78, 5) is 20.5. The number of ether oxygens (including phenoxy) is 1. The molecule has 0 amide bonds. The number of aryl methyl sites for hydroxylation is 1. The highest BCUT2D eigenvalue weighted by molar-refractivity contribution is 5.77. The van der Waals surface area contributed by atoms with Crippen LogP contribution in [0.15, 0.2) is 12.1 Å². The van der Waals surface area contributed by atoms with Gasteiger partial charge < -0.3 is 14.9 Å². The van der Waals surface area contributed by atoms with Crippen molar-refractivity contribution in [2.75, 3.05) is 0 Å². The Bertz CT molecular complexity index is 519. The second-order valence-electron chi connectivity index (χ2n) is 3.55. The molecule has 104 valence electrons. The van der Waals surface area contributed by atoms with Gasteiger partial charge >= 0.3 is 12.6 Å². The molecule has 0 aromatic heterocycles. The van der Waals surface area contributed by atoms with Crippen LogP contribution in [0, 0.1) is 17.0 Å². The van der Waals surface area contributed by atoms with Crippen molar-refractivity contribution in [3.05, 3.63) is 33.4 Å². The van der Waals surface area contributed by atoms with Gasteiger partial charge in [0.1, 0.15) is 5.75 Å². The van der Waals surface area contributed by atoms with Gasteiger partial charge in [-0.25, -0.2) is 4.79 Å². The van der Waals surface area contributed by atoms with Gasteiger partial charge in [0.25, 0.3) is 5.69 Å². The molecular formula is C10H9F2NO6. The Kier molecular flexibility index (Phi) is 4.33. The maximum Gasteiger partial charge on any atom is 0.387 e. The Balaban J connectivity index is 3.39. The lowest BCUT2D eigenvalue weighted by Crippen LogP contribution is -2.14. The molecule has 2 N–H and O–H groups in total. The van der Waals surface area contributed by atoms with E-state index in [0.29, 0.717) is 6.07 Å². The quantitative estimate of drug-likeness (QED) is 0.625. The van der Waals surface area contributed by atoms with E-state index < -0.39 is 40.6 Å². The van der Waals surface area contributed by atoms with Gasteiger partial charge in [0.15, 0.2) is 6.10 Å². The highest BCUT2D eigenvalue weighted by Gasteiger charge is 2.29. The van der Waals surface area contributed by atoms with Crippen molar-refractivity contribution in [1.82, 2.24) is 0 Å². The van der Waals surface area contributed by atoms with Crippen LogP contribution in [0.1, 0.15) is 17.2 Å². The smallest absolute Gasteiger partial charge is 0.387 e. The topological polar surface area (TPSA) is 110 Å². The lowest BCUT2D eigenvalue weighted by molar-refractivity contribution is -0.386. The molecule has 0 bridgehead atoms. The van der Waals surface area contributed by atoms with Gasteiger partial charge in [-0.1, -0.05) is 0 Å². The number of nitro benzene ring substituents is 1. The summed E-state index contributed by atoms with van der Waals surface area (Å²) < 4.78 is 28.1. The van der Waals surface area contributed by atoms with Crippen LogP contribution in [0.4, 0.5) is 14.5 Å². The van der Waals surface area contributed by atoms with Gasteiger partial charge in [0, 0.05) is 0 Å². The molecule has 1 rings (SSSR count). The molecule has 0 aliphatic rings. The molecule has 0 aliphatic heterocycles. The molecule has 1 unspecified atom stereocenters. The van der Waals surface area contributed by atoms with Crippen LogP contribution >= 0.6 is 0 Å². The predicted molar refractivity (Wildman–Crippen MR) is 57.1 cm³/mol. The number of aliphatic hydroxyl groups excluding tert-OH is 1. The van der Waals surface area contributed by atoms with E-state index in [4.69, 9.17) is 5.11 Å². The Morgan fingerprint density at radius 2 is 2.05 bits per heavy atom. The number of halogens is 2. The van der Waals surface area contributed by atoms with Crippen LogP contribution in [0.25, 0.3) is 0 Å². The standard InChI is InChI=1S/C10H9F2NO6/c1-4-2-5(19-10(11)12)3-6(13(17)18)7(4)8(14)9(15)16/h2-3,8,10,14H,1H3,(H,15,16). The summed E-state index contributed by atoms with van der Waals surface area (Å²) in [7, 11) is 0. The number of benzene rings is 1. The first-order valence-electron chi connectivity index (χ1n) is 4.88. The number of hydrogen-bond donors (Lipinski definition) is 2. The number of aliphatic carboxylic acids is 1. The summed E-state index contributed by atoms with van der Waals surface area (Å²) in [5, 5.41) is 28.8. The van der Waals surface area contributed by atoms with Crippen molar-refractivity contribution < 1.29 is 33.4 Å². The summed E-state index contributed by atoms with van der Waals surface area (Å²) in [6.07, 6.45) is -2.12. The van der Waals surface area contributed by atoms with E-state index >= 15 is 0 Å². The number of carbonyl (C=O) groups is 1. The van der Waals surface area contributed by atoms with Crippen LogP contribution in [0.2, 0.25) is 0 Å². The highest BCUT2D eigenvalue weighted by Crippen LogP contribution is 2.33. The number of nitro groups is 1. The maximum absolute atomic E-state index is 12.0. The van der Waals surface area contributed by atoms with Crippen molar-refractivity contribution in [2.45, 2.75) is 19.6 Å². The third-order valence-corrected chi connectivity index (χ3v) is 2.27. The summed E-state index contributed by atoms with van der Waals surface area (Å²) >= 11 is 0. The zero-order valence-corrected chi connectivity index (χ0v) is 9.54. The first kappa shape index (κ1) is 14.8. The summed E-state index contributed by atoms with van der Waals surface area (Å²) in [6.45, 7) is -1.93. The maximum atomic E-state index is 12.0. The number of carboxylic acids is 1. The molecule has 0 spiro atoms. The predicted octanol–water partition coefficient (Wildman–Crippen LogP) is 1.62. The Hall–Kier alpha value is -2.29. The number of alkyl halides is 2. The van der Waals surface area contributed by atoms with Crippen molar-refractivity contribution in [1.29, 1.82) is 0 Å². The average Bonchev–Trinajstić information content (AvgIpc) is 2.26. The van der Waals surface area contributed by atoms with E-state index in [1.807, 2.05) is 0 Å². The van der Waals surface area contributed by atoms with Crippen molar-refractivity contribution in [2.24, 2.45) is 0 Å². The van der Waals surface area contributed by atoms with E-state index in [1.165, 1.54) is 6.92 Å². The minimum Gasteiger partial charge on any atom is -0.479 e. The second-order valence-corrected chi connectivity index (χ2v) is 3.55. The molecule has 7 nitrogen and oxygen atoms in total. The molecule has 0 fully saturated rings. The van der Waals surface area contributed by atoms with E-state index in [-0.39, 0.29) is 5.56 Å². The normalized spacial score (nSPS) is 12.3. The molecule has 19 heavy (non-hydrogen) atoms. The Morgan fingerprint density at radius 1 is 1.47 bits per heavy atom. The van der Waals surface area contributed by atoms with Gasteiger partial charge in [-0.2, -0.15) is 8.78 Å². The SMILES string of the molecule is Cc1cc(OC(F)F)cc([N+](=O)[O-])c1C(O)C(=O)O. The van der Waals surface area contributed by atoms with Crippen LogP contribution in [-0.4, -0.2) is 27.7 Å². The van der Waals surface area contributed by atoms with Gasteiger partial charge in [-0.05, 0) is 18.6 Å². The summed E-state index contributed by atoms with van der Waals surface area (Å²) in [5.74, 6) is -2.17. The van der Waals surface area contributed by atoms with Crippen molar-refractivity contribution in [3.8, 4) is 5.75 Å². The molecule has 9 heteroatoms. The third-order valence-electron chi connectivity index (χ3n) is 2.27. The fourth-order valence-electron chi connectivity index (χ4n) is 1.55. The van der Waals surface area contributed by atoms with Crippen LogP contribution in [-0.2, 0) is 4.79 Å². The van der Waals surface area contributed by atoms with Gasteiger partial charge in [-0.3, -0.25) is 10.1 Å². The minimum atomic E-state index is -3.17. The average molecular weight is 277 g/mol. The van der Waals surface area contributed by atoms with Gasteiger partial charge in [-0.15, -0.1) is 0 Å². The summed E-state index contributed by atoms with van der Waals surface area (Å²) in [5.41, 5.74) is -1.32. The highest BCUT2D eigenvalue weighted by atomic mass is 19.3. The van der Waals surface area contributed by atoms with Crippen molar-refractivity contribution >= 4 is 11.7 Å². The van der Waals surface area contributed by atoms with Crippen LogP contribution < -0.4 is 4.74 Å². The minimum absolute atomic E-state index is 0.0419. The van der Waals surface area contributed by atoms with E-state index in [9.17, 15) is 28.8 Å². The third kappa shape index (κ3) is 3.35. The molecule has 0 saturated heterocycles. The second kappa shape index (κ2) is 5.57. The first-order valence-corrected chi connectivity index (χ1v) is 4.88. The van der Waals surface area contributed by atoms with Crippen LogP contribution in [0.3, 0.4) is 0 Å². The molecule has 0 aliphatic carbocycles. The Morgan fingerprint density at radius 3 is 2.47 bits per heavy atom. The molecule has 0 radical (unpaired) electrons. The van der Waals surface area contributed by atoms with Gasteiger partial charge in [0.2, 0.25) is 0 Å². The summed E-state index contributed by atoms with van der Waals surface area (Å²) in [6, 6.07) is 1.63. The number of rotatable bonds is 5. The van der Waals surface area contributed by atoms with E-state index in [2.05, 4.69) is 4.74 Å². The molecule has 1 aromatic carbocycles. The monoisotopic (exact) mass is 277 g/mol. The zero-order valence-electron chi connectivity index (χ0n) is 9.54. The molecule has 1 aromatic rings. The first-order chi connectivity index (χ1) is 8.73. The Labute approximate surface area is 105 Å². The van der Waals surface area contributed by atoms with Gasteiger partial charge in [0.05, 0.1) is 16.6 Å². The lowest BCUT2D eigenvalue weighted by atomic mass is 10.0. The molecule has 1 atom stereocenters. The fourth-order valence-corrected chi connectivity index (χ4v) is 1.55. The van der Waals surface area contributed by atoms with E-state index in [0.717, 1.165) is 6.07 Å². The van der Waals surface area contributed by atoms with Crippen LogP contribution in [0.5, 0.6) is 5.75 Å². The number of hydrogen-bond acceptors (Lipinski definition) is 5. The molecule has 0 saturated carbocycles. The molecule has 0 heterocycles. The number of aliphatic hydroxyl groups is 1. The number of nitrogens with zero attached hydrogens (tertiary/aromatic N) is 1. The molecular weight excluding hydrogens is 268 g/mol. The fraction of sp³-hybridized carbons (Fsp3) is 0.300. The zero-order chi connectivity index (χ0) is 14.7. The van der Waals surface area contributed by atoms with E-state index in [1.54, 1.807) is 0 Å².